The van der Waals surface area contributed by atoms with Gasteiger partial charge in [0.05, 0.1) is 18.8 Å². The zero-order valence-corrected chi connectivity index (χ0v) is 11.6. The monoisotopic (exact) mass is 241 g/mol. The fourth-order valence-corrected chi connectivity index (χ4v) is 3.88. The smallest absolute Gasteiger partial charge is 0.0957 e. The van der Waals surface area contributed by atoms with E-state index in [0.717, 1.165) is 12.3 Å². The van der Waals surface area contributed by atoms with Crippen LogP contribution in [0.5, 0.6) is 0 Å². The Morgan fingerprint density at radius 3 is 2.41 bits per heavy atom. The van der Waals surface area contributed by atoms with Gasteiger partial charge in [-0.25, -0.2) is 0 Å². The Hall–Kier alpha value is -0.120. The van der Waals surface area contributed by atoms with Gasteiger partial charge in [0, 0.05) is 6.04 Å². The molecule has 0 saturated heterocycles. The van der Waals surface area contributed by atoms with E-state index in [1.54, 1.807) is 0 Å². The fraction of sp³-hybridized carbons (Fsp3) is 1.00. The molecule has 2 fully saturated rings. The van der Waals surface area contributed by atoms with Gasteiger partial charge < -0.3 is 15.6 Å². The molecule has 2 aliphatic rings. The summed E-state index contributed by atoms with van der Waals surface area (Å²) in [7, 11) is 0. The van der Waals surface area contributed by atoms with E-state index in [0.29, 0.717) is 5.41 Å². The average molecular weight is 241 g/mol. The normalized spacial score (nSPS) is 42.7. The molecule has 5 atom stereocenters. The largest absolute Gasteiger partial charge is 0.394 e. The predicted octanol–water partition coefficient (Wildman–Crippen LogP) is 1.93. The summed E-state index contributed by atoms with van der Waals surface area (Å²) in [6, 6.07) is -0.106. The second-order valence-corrected chi connectivity index (χ2v) is 6.82. The van der Waals surface area contributed by atoms with E-state index in [1.807, 2.05) is 6.92 Å². The van der Waals surface area contributed by atoms with Gasteiger partial charge in [-0.15, -0.1) is 0 Å². The van der Waals surface area contributed by atoms with Crippen LogP contribution in [0, 0.1) is 16.7 Å². The predicted molar refractivity (Wildman–Crippen MR) is 68.6 cm³/mol. The summed E-state index contributed by atoms with van der Waals surface area (Å²) in [5.74, 6) is 0.768. The molecule has 2 bridgehead atoms. The molecule has 0 radical (unpaired) electrons. The maximum Gasteiger partial charge on any atom is 0.0957 e. The van der Waals surface area contributed by atoms with Crippen LogP contribution in [-0.2, 0) is 4.74 Å². The highest BCUT2D eigenvalue weighted by Crippen LogP contribution is 2.66. The van der Waals surface area contributed by atoms with Crippen molar-refractivity contribution in [1.82, 2.24) is 0 Å². The van der Waals surface area contributed by atoms with Crippen LogP contribution < -0.4 is 5.73 Å². The number of aliphatic hydroxyl groups excluding tert-OH is 1. The van der Waals surface area contributed by atoms with Crippen LogP contribution in [0.1, 0.15) is 47.0 Å². The van der Waals surface area contributed by atoms with Gasteiger partial charge >= 0.3 is 0 Å². The molecule has 0 aromatic rings. The third-order valence-corrected chi connectivity index (χ3v) is 5.82. The number of nitrogens with two attached hydrogens (primary N) is 1. The summed E-state index contributed by atoms with van der Waals surface area (Å²) in [5, 5.41) is 9.34. The van der Waals surface area contributed by atoms with Crippen molar-refractivity contribution in [2.24, 2.45) is 22.5 Å². The Morgan fingerprint density at radius 2 is 2.06 bits per heavy atom. The number of fused-ring (bicyclic) bond motifs is 2. The zero-order chi connectivity index (χ0) is 12.8. The SMILES string of the molecule is CC(N)C(CO)OC1CC2CCC1(C)C2(C)C. The molecule has 3 nitrogen and oxygen atoms in total. The minimum absolute atomic E-state index is 0.0232. The maximum absolute atomic E-state index is 9.34. The lowest BCUT2D eigenvalue weighted by Crippen LogP contribution is -2.45. The van der Waals surface area contributed by atoms with Gasteiger partial charge in [-0.05, 0) is 42.9 Å². The van der Waals surface area contributed by atoms with Gasteiger partial charge in [0.2, 0.25) is 0 Å². The van der Waals surface area contributed by atoms with Crippen LogP contribution in [0.25, 0.3) is 0 Å². The van der Waals surface area contributed by atoms with Crippen molar-refractivity contribution >= 4 is 0 Å². The van der Waals surface area contributed by atoms with E-state index in [4.69, 9.17) is 10.5 Å². The minimum Gasteiger partial charge on any atom is -0.394 e. The average Bonchev–Trinajstić information content (AvgIpc) is 2.57. The molecule has 2 rings (SSSR count). The Balaban J connectivity index is 2.10. The highest BCUT2D eigenvalue weighted by Gasteiger charge is 2.62. The van der Waals surface area contributed by atoms with Crippen molar-refractivity contribution in [1.29, 1.82) is 0 Å². The minimum atomic E-state index is -0.216. The van der Waals surface area contributed by atoms with E-state index in [9.17, 15) is 5.11 Å². The Bertz CT molecular complexity index is 290. The summed E-state index contributed by atoms with van der Waals surface area (Å²) in [6.07, 6.45) is 3.75. The summed E-state index contributed by atoms with van der Waals surface area (Å²) >= 11 is 0. The van der Waals surface area contributed by atoms with Crippen LogP contribution in [0.15, 0.2) is 0 Å². The van der Waals surface area contributed by atoms with Crippen molar-refractivity contribution in [3.05, 3.63) is 0 Å². The van der Waals surface area contributed by atoms with E-state index in [2.05, 4.69) is 20.8 Å². The number of hydrogen-bond donors (Lipinski definition) is 2. The van der Waals surface area contributed by atoms with E-state index in [-0.39, 0.29) is 30.3 Å². The quantitative estimate of drug-likeness (QED) is 0.790. The van der Waals surface area contributed by atoms with Crippen LogP contribution in [-0.4, -0.2) is 30.0 Å². The summed E-state index contributed by atoms with van der Waals surface area (Å²) in [6.45, 7) is 9.01. The van der Waals surface area contributed by atoms with Gasteiger partial charge in [-0.3, -0.25) is 0 Å². The third kappa shape index (κ3) is 1.83. The van der Waals surface area contributed by atoms with E-state index < -0.39 is 0 Å². The molecule has 3 heteroatoms. The van der Waals surface area contributed by atoms with Crippen molar-refractivity contribution in [3.8, 4) is 0 Å². The summed E-state index contributed by atoms with van der Waals surface area (Å²) in [4.78, 5) is 0. The molecule has 17 heavy (non-hydrogen) atoms. The molecule has 0 aromatic carbocycles. The molecular weight excluding hydrogens is 214 g/mol. The Labute approximate surface area is 105 Å². The van der Waals surface area contributed by atoms with Crippen molar-refractivity contribution in [2.75, 3.05) is 6.61 Å². The molecule has 2 aliphatic carbocycles. The molecule has 2 saturated carbocycles. The molecule has 0 amide bonds. The first kappa shape index (κ1) is 13.3. The Morgan fingerprint density at radius 1 is 1.41 bits per heavy atom. The van der Waals surface area contributed by atoms with Crippen molar-refractivity contribution in [3.63, 3.8) is 0 Å². The molecule has 0 spiro atoms. The zero-order valence-electron chi connectivity index (χ0n) is 11.6. The lowest BCUT2D eigenvalue weighted by atomic mass is 9.70. The van der Waals surface area contributed by atoms with Crippen molar-refractivity contribution in [2.45, 2.75) is 65.2 Å². The molecule has 3 N–H and O–H groups in total. The standard InChI is InChI=1S/C14H27NO2/c1-9(15)11(8-16)17-12-7-10-5-6-14(12,4)13(10,2)3/h9-12,16H,5-8,15H2,1-4H3. The first-order valence-corrected chi connectivity index (χ1v) is 6.85. The molecule has 100 valence electrons. The van der Waals surface area contributed by atoms with E-state index >= 15 is 0 Å². The highest BCUT2D eigenvalue weighted by molar-refractivity contribution is 5.11. The van der Waals surface area contributed by atoms with Crippen LogP contribution in [0.2, 0.25) is 0 Å². The van der Waals surface area contributed by atoms with Crippen LogP contribution >= 0.6 is 0 Å². The number of hydrogen-bond acceptors (Lipinski definition) is 3. The second-order valence-electron chi connectivity index (χ2n) is 6.82. The first-order chi connectivity index (χ1) is 7.83. The lowest BCUT2D eigenvalue weighted by Gasteiger charge is -2.40. The Kier molecular flexibility index (Phi) is 3.30. The van der Waals surface area contributed by atoms with Crippen molar-refractivity contribution < 1.29 is 9.84 Å². The molecule has 0 heterocycles. The molecule has 0 aromatic heterocycles. The molecule has 5 unspecified atom stereocenters. The van der Waals surface area contributed by atoms with Gasteiger partial charge in [0.1, 0.15) is 0 Å². The van der Waals surface area contributed by atoms with Crippen LogP contribution in [0.4, 0.5) is 0 Å². The topological polar surface area (TPSA) is 55.5 Å². The summed E-state index contributed by atoms with van der Waals surface area (Å²) in [5.41, 5.74) is 6.46. The van der Waals surface area contributed by atoms with E-state index in [1.165, 1.54) is 12.8 Å². The maximum atomic E-state index is 9.34. The van der Waals surface area contributed by atoms with Crippen LogP contribution in [0.3, 0.4) is 0 Å². The lowest BCUT2D eigenvalue weighted by molar-refractivity contribution is -0.106. The van der Waals surface area contributed by atoms with Gasteiger partial charge in [-0.2, -0.15) is 0 Å². The van der Waals surface area contributed by atoms with Gasteiger partial charge in [0.15, 0.2) is 0 Å². The van der Waals surface area contributed by atoms with Gasteiger partial charge in [-0.1, -0.05) is 20.8 Å². The second kappa shape index (κ2) is 4.22. The number of ether oxygens (including phenoxy) is 1. The molecular formula is C14H27NO2. The summed E-state index contributed by atoms with van der Waals surface area (Å²) < 4.78 is 6.12. The molecule has 0 aliphatic heterocycles. The highest BCUT2D eigenvalue weighted by atomic mass is 16.5. The van der Waals surface area contributed by atoms with Gasteiger partial charge in [0.25, 0.3) is 0 Å². The fourth-order valence-electron chi connectivity index (χ4n) is 3.88. The third-order valence-electron chi connectivity index (χ3n) is 5.82. The number of rotatable bonds is 4. The number of aliphatic hydroxyl groups is 1. The first-order valence-electron chi connectivity index (χ1n) is 6.85.